The third-order valence-corrected chi connectivity index (χ3v) is 2.15. The number of halogens is 4. The summed E-state index contributed by atoms with van der Waals surface area (Å²) >= 11 is 5.33. The van der Waals surface area contributed by atoms with Gasteiger partial charge in [0.2, 0.25) is 0 Å². The maximum atomic E-state index is 12.1. The highest BCUT2D eigenvalue weighted by Gasteiger charge is 2.33. The summed E-state index contributed by atoms with van der Waals surface area (Å²) in [5.74, 6) is -1.42. The largest absolute Gasteiger partial charge is 0.573 e. The van der Waals surface area contributed by atoms with E-state index in [9.17, 15) is 18.0 Å². The number of carbonyl (C=O) groups excluding carboxylic acids is 1. The van der Waals surface area contributed by atoms with Gasteiger partial charge in [-0.2, -0.15) is 0 Å². The summed E-state index contributed by atoms with van der Waals surface area (Å²) < 4.78 is 45.3. The summed E-state index contributed by atoms with van der Waals surface area (Å²) in [5.41, 5.74) is -0.256. The van der Waals surface area contributed by atoms with E-state index in [1.807, 2.05) is 0 Å². The second-order valence-corrected chi connectivity index (χ2v) is 3.46. The average molecular weight is 283 g/mol. The number of alkyl halides is 4. The number of ketones is 1. The van der Waals surface area contributed by atoms with Crippen LogP contribution >= 0.6 is 11.6 Å². The number of hydrogen-bond donors (Lipinski definition) is 0. The Kier molecular flexibility index (Phi) is 4.84. The smallest absolute Gasteiger partial charge is 0.494 e. The molecule has 0 bridgehead atoms. The zero-order valence-corrected chi connectivity index (χ0v) is 10.1. The molecule has 18 heavy (non-hydrogen) atoms. The standard InChI is InChI=1S/C11H10ClF3O3/c1-2-17-7-3-4-10(18-11(13,14)15)8(5-7)9(16)6-12/h3-5H,2,6H2,1H3. The molecule has 0 spiro atoms. The highest BCUT2D eigenvalue weighted by atomic mass is 35.5. The third-order valence-electron chi connectivity index (χ3n) is 1.91. The van der Waals surface area contributed by atoms with E-state index in [2.05, 4.69) is 4.74 Å². The van der Waals surface area contributed by atoms with Crippen LogP contribution in [0.2, 0.25) is 0 Å². The molecule has 7 heteroatoms. The highest BCUT2D eigenvalue weighted by Crippen LogP contribution is 2.30. The van der Waals surface area contributed by atoms with Gasteiger partial charge in [-0.1, -0.05) is 0 Å². The predicted octanol–water partition coefficient (Wildman–Crippen LogP) is 3.41. The zero-order chi connectivity index (χ0) is 13.8. The fourth-order valence-electron chi connectivity index (χ4n) is 1.27. The molecule has 0 unspecified atom stereocenters. The molecule has 0 atom stereocenters. The molecule has 0 saturated carbocycles. The van der Waals surface area contributed by atoms with E-state index in [0.29, 0.717) is 6.61 Å². The van der Waals surface area contributed by atoms with Crippen molar-refractivity contribution in [2.24, 2.45) is 0 Å². The Labute approximate surface area is 106 Å². The fourth-order valence-corrected chi connectivity index (χ4v) is 1.41. The number of carbonyl (C=O) groups is 1. The van der Waals surface area contributed by atoms with Crippen molar-refractivity contribution in [2.75, 3.05) is 12.5 Å². The van der Waals surface area contributed by atoms with Gasteiger partial charge in [-0.05, 0) is 25.1 Å². The van der Waals surface area contributed by atoms with Gasteiger partial charge in [-0.15, -0.1) is 24.8 Å². The van der Waals surface area contributed by atoms with Gasteiger partial charge in [0.15, 0.2) is 5.78 Å². The summed E-state index contributed by atoms with van der Waals surface area (Å²) in [6.07, 6.45) is -4.87. The molecular weight excluding hydrogens is 273 g/mol. The molecule has 0 aliphatic carbocycles. The maximum Gasteiger partial charge on any atom is 0.573 e. The Morgan fingerprint density at radius 2 is 2.06 bits per heavy atom. The Hall–Kier alpha value is -1.43. The first kappa shape index (κ1) is 14.6. The molecule has 1 rings (SSSR count). The molecule has 0 aromatic heterocycles. The van der Waals surface area contributed by atoms with Gasteiger partial charge < -0.3 is 9.47 Å². The van der Waals surface area contributed by atoms with Gasteiger partial charge in [0.05, 0.1) is 18.1 Å². The minimum Gasteiger partial charge on any atom is -0.494 e. The molecule has 0 saturated heterocycles. The summed E-state index contributed by atoms with van der Waals surface area (Å²) in [7, 11) is 0. The van der Waals surface area contributed by atoms with Crippen molar-refractivity contribution in [3.8, 4) is 11.5 Å². The van der Waals surface area contributed by atoms with Gasteiger partial charge in [0, 0.05) is 0 Å². The van der Waals surface area contributed by atoms with Gasteiger partial charge in [0.25, 0.3) is 0 Å². The maximum absolute atomic E-state index is 12.1. The lowest BCUT2D eigenvalue weighted by Gasteiger charge is -2.13. The van der Waals surface area contributed by atoms with E-state index < -0.39 is 23.8 Å². The third kappa shape index (κ3) is 4.10. The average Bonchev–Trinajstić information content (AvgIpc) is 2.28. The van der Waals surface area contributed by atoms with Crippen LogP contribution < -0.4 is 9.47 Å². The van der Waals surface area contributed by atoms with Gasteiger partial charge in [-0.25, -0.2) is 0 Å². The summed E-state index contributed by atoms with van der Waals surface area (Å²) in [5, 5.41) is 0. The molecule has 0 N–H and O–H groups in total. The quantitative estimate of drug-likeness (QED) is 0.613. The van der Waals surface area contributed by atoms with Crippen molar-refractivity contribution in [1.82, 2.24) is 0 Å². The number of rotatable bonds is 5. The topological polar surface area (TPSA) is 35.5 Å². The first-order valence-corrected chi connectivity index (χ1v) is 5.52. The SMILES string of the molecule is CCOc1ccc(OC(F)(F)F)c(C(=O)CCl)c1. The Balaban J connectivity index is 3.12. The van der Waals surface area contributed by atoms with Crippen LogP contribution in [0.3, 0.4) is 0 Å². The predicted molar refractivity (Wildman–Crippen MR) is 59.3 cm³/mol. The Morgan fingerprint density at radius 1 is 1.39 bits per heavy atom. The van der Waals surface area contributed by atoms with Crippen LogP contribution in [-0.2, 0) is 0 Å². The van der Waals surface area contributed by atoms with Crippen LogP contribution in [0.15, 0.2) is 18.2 Å². The van der Waals surface area contributed by atoms with E-state index in [-0.39, 0.29) is 11.3 Å². The Morgan fingerprint density at radius 3 is 2.56 bits per heavy atom. The molecule has 1 aromatic carbocycles. The number of hydrogen-bond acceptors (Lipinski definition) is 3. The fraction of sp³-hybridized carbons (Fsp3) is 0.364. The van der Waals surface area contributed by atoms with Crippen molar-refractivity contribution in [2.45, 2.75) is 13.3 Å². The van der Waals surface area contributed by atoms with E-state index >= 15 is 0 Å². The first-order valence-electron chi connectivity index (χ1n) is 4.99. The lowest BCUT2D eigenvalue weighted by atomic mass is 10.1. The second kappa shape index (κ2) is 5.95. The zero-order valence-electron chi connectivity index (χ0n) is 9.38. The summed E-state index contributed by atoms with van der Waals surface area (Å²) in [4.78, 5) is 11.4. The summed E-state index contributed by atoms with van der Waals surface area (Å²) in [6, 6.07) is 3.49. The normalized spacial score (nSPS) is 11.2. The molecule has 0 aliphatic heterocycles. The molecule has 3 nitrogen and oxygen atoms in total. The monoisotopic (exact) mass is 282 g/mol. The van der Waals surface area contributed by atoms with Crippen molar-refractivity contribution < 1.29 is 27.4 Å². The van der Waals surface area contributed by atoms with Crippen molar-refractivity contribution >= 4 is 17.4 Å². The minimum absolute atomic E-state index is 0.256. The number of ether oxygens (including phenoxy) is 2. The number of benzene rings is 1. The van der Waals surface area contributed by atoms with Crippen molar-refractivity contribution in [1.29, 1.82) is 0 Å². The van der Waals surface area contributed by atoms with Crippen LogP contribution in [0.5, 0.6) is 11.5 Å². The molecule has 0 amide bonds. The van der Waals surface area contributed by atoms with E-state index in [1.165, 1.54) is 12.1 Å². The van der Waals surface area contributed by atoms with Crippen LogP contribution in [0.1, 0.15) is 17.3 Å². The minimum atomic E-state index is -4.87. The van der Waals surface area contributed by atoms with E-state index in [1.54, 1.807) is 6.92 Å². The molecule has 0 radical (unpaired) electrons. The van der Waals surface area contributed by atoms with Crippen molar-refractivity contribution in [3.63, 3.8) is 0 Å². The van der Waals surface area contributed by atoms with Crippen LogP contribution in [0.4, 0.5) is 13.2 Å². The van der Waals surface area contributed by atoms with Crippen LogP contribution in [0.25, 0.3) is 0 Å². The first-order chi connectivity index (χ1) is 8.37. The van der Waals surface area contributed by atoms with Crippen LogP contribution in [0, 0.1) is 0 Å². The molecule has 0 heterocycles. The van der Waals surface area contributed by atoms with Gasteiger partial charge >= 0.3 is 6.36 Å². The Bertz CT molecular complexity index is 432. The molecular formula is C11H10ClF3O3. The van der Waals surface area contributed by atoms with Gasteiger partial charge in [0.1, 0.15) is 11.5 Å². The molecule has 0 fully saturated rings. The van der Waals surface area contributed by atoms with Crippen molar-refractivity contribution in [3.05, 3.63) is 23.8 Å². The number of Topliss-reactive ketones (excluding diaryl/α,β-unsaturated/α-hetero) is 1. The van der Waals surface area contributed by atoms with Crippen LogP contribution in [-0.4, -0.2) is 24.6 Å². The highest BCUT2D eigenvalue weighted by molar-refractivity contribution is 6.30. The summed E-state index contributed by atoms with van der Waals surface area (Å²) in [6.45, 7) is 2.04. The molecule has 100 valence electrons. The van der Waals surface area contributed by atoms with E-state index in [0.717, 1.165) is 6.07 Å². The molecule has 1 aromatic rings. The van der Waals surface area contributed by atoms with E-state index in [4.69, 9.17) is 16.3 Å². The lowest BCUT2D eigenvalue weighted by molar-refractivity contribution is -0.274. The van der Waals surface area contributed by atoms with Gasteiger partial charge in [-0.3, -0.25) is 4.79 Å². The second-order valence-electron chi connectivity index (χ2n) is 3.20. The lowest BCUT2D eigenvalue weighted by Crippen LogP contribution is -2.19. The molecule has 0 aliphatic rings.